The van der Waals surface area contributed by atoms with Crippen molar-refractivity contribution in [2.24, 2.45) is 0 Å². The number of hydrogen-bond donors (Lipinski definition) is 0. The number of allylic oxidation sites excluding steroid dienone is 1. The summed E-state index contributed by atoms with van der Waals surface area (Å²) in [7, 11) is 1.64. The predicted octanol–water partition coefficient (Wildman–Crippen LogP) is 3.88. The van der Waals surface area contributed by atoms with Crippen LogP contribution in [0.4, 0.5) is 0 Å². The number of carbonyl (C=O) groups is 1. The molecule has 0 bridgehead atoms. The molecule has 1 aliphatic rings. The van der Waals surface area contributed by atoms with Gasteiger partial charge in [0.1, 0.15) is 5.75 Å². The van der Waals surface area contributed by atoms with Gasteiger partial charge in [-0.25, -0.2) is 0 Å². The Kier molecular flexibility index (Phi) is 6.01. The molecule has 4 rings (SSSR count). The number of para-hydroxylation sites is 1. The zero-order chi connectivity index (χ0) is 20.2. The van der Waals surface area contributed by atoms with Crippen LogP contribution in [0.5, 0.6) is 5.75 Å². The minimum absolute atomic E-state index is 0.124. The second-order valence-electron chi connectivity index (χ2n) is 6.63. The summed E-state index contributed by atoms with van der Waals surface area (Å²) in [5.74, 6) is 1.90. The van der Waals surface area contributed by atoms with Gasteiger partial charge in [0.25, 0.3) is 0 Å². The van der Waals surface area contributed by atoms with Crippen molar-refractivity contribution >= 4 is 29.0 Å². The number of thioether (sulfide) groups is 1. The van der Waals surface area contributed by atoms with Crippen LogP contribution in [0.25, 0.3) is 11.4 Å². The van der Waals surface area contributed by atoms with Crippen molar-refractivity contribution in [1.82, 2.24) is 19.7 Å². The average molecular weight is 427 g/mol. The zero-order valence-electron chi connectivity index (χ0n) is 16.2. The fourth-order valence-electron chi connectivity index (χ4n) is 3.40. The molecule has 0 radical (unpaired) electrons. The molecule has 3 heterocycles. The third-order valence-electron chi connectivity index (χ3n) is 4.86. The summed E-state index contributed by atoms with van der Waals surface area (Å²) in [6.07, 6.45) is 2.74. The number of hydrogen-bond acceptors (Lipinski definition) is 6. The van der Waals surface area contributed by atoms with Gasteiger partial charge in [0, 0.05) is 24.5 Å². The summed E-state index contributed by atoms with van der Waals surface area (Å²) in [5, 5.41) is 11.5. The minimum atomic E-state index is 0.124. The van der Waals surface area contributed by atoms with Crippen LogP contribution < -0.4 is 4.74 Å². The first-order valence-electron chi connectivity index (χ1n) is 9.34. The monoisotopic (exact) mass is 426 g/mol. The van der Waals surface area contributed by atoms with Crippen molar-refractivity contribution in [3.05, 3.63) is 58.8 Å². The summed E-state index contributed by atoms with van der Waals surface area (Å²) in [5.41, 5.74) is 2.14. The van der Waals surface area contributed by atoms with Gasteiger partial charge in [-0.1, -0.05) is 30.0 Å². The summed E-state index contributed by atoms with van der Waals surface area (Å²) < 4.78 is 7.44. The van der Waals surface area contributed by atoms with Crippen molar-refractivity contribution in [1.29, 1.82) is 0 Å². The lowest BCUT2D eigenvalue weighted by atomic mass is 10.1. The molecular formula is C21H22N4O2S2. The highest BCUT2D eigenvalue weighted by Crippen LogP contribution is 2.31. The molecule has 0 aliphatic carbocycles. The highest BCUT2D eigenvalue weighted by Gasteiger charge is 2.23. The smallest absolute Gasteiger partial charge is 0.233 e. The first-order valence-corrected chi connectivity index (χ1v) is 11.2. The Hall–Kier alpha value is -2.58. The second kappa shape index (κ2) is 8.84. The van der Waals surface area contributed by atoms with Crippen LogP contribution >= 0.6 is 23.1 Å². The van der Waals surface area contributed by atoms with Crippen LogP contribution in [0.15, 0.2) is 53.5 Å². The lowest BCUT2D eigenvalue weighted by Gasteiger charge is -2.26. The molecule has 29 heavy (non-hydrogen) atoms. The summed E-state index contributed by atoms with van der Waals surface area (Å²) in [4.78, 5) is 16.1. The number of carbonyl (C=O) groups excluding carboxylic acids is 1. The second-order valence-corrected chi connectivity index (χ2v) is 8.57. The van der Waals surface area contributed by atoms with Crippen LogP contribution in [0, 0.1) is 0 Å². The van der Waals surface area contributed by atoms with Gasteiger partial charge in [0.05, 0.1) is 18.4 Å². The normalized spacial score (nSPS) is 13.2. The number of methoxy groups -OCH3 is 1. The number of rotatable bonds is 7. The largest absolute Gasteiger partial charge is 0.496 e. The van der Waals surface area contributed by atoms with E-state index in [2.05, 4.69) is 28.2 Å². The van der Waals surface area contributed by atoms with Crippen molar-refractivity contribution in [3.8, 4) is 17.1 Å². The molecule has 6 nitrogen and oxygen atoms in total. The maximum absolute atomic E-state index is 12.8. The Balaban J connectivity index is 1.50. The molecule has 0 spiro atoms. The van der Waals surface area contributed by atoms with Crippen molar-refractivity contribution < 1.29 is 9.53 Å². The van der Waals surface area contributed by atoms with Crippen LogP contribution in [-0.4, -0.2) is 45.0 Å². The maximum Gasteiger partial charge on any atom is 0.233 e. The van der Waals surface area contributed by atoms with Gasteiger partial charge in [0.15, 0.2) is 11.0 Å². The van der Waals surface area contributed by atoms with Crippen LogP contribution in [0.3, 0.4) is 0 Å². The highest BCUT2D eigenvalue weighted by atomic mass is 32.2. The molecule has 150 valence electrons. The minimum Gasteiger partial charge on any atom is -0.496 e. The third kappa shape index (κ3) is 4.09. The predicted molar refractivity (Wildman–Crippen MR) is 116 cm³/mol. The Labute approximate surface area is 178 Å². The lowest BCUT2D eigenvalue weighted by molar-refractivity contribution is -0.129. The lowest BCUT2D eigenvalue weighted by Crippen LogP contribution is -2.36. The molecule has 0 N–H and O–H groups in total. The highest BCUT2D eigenvalue weighted by molar-refractivity contribution is 7.99. The number of thiophene rings is 1. The zero-order valence-corrected chi connectivity index (χ0v) is 17.8. The first-order chi connectivity index (χ1) is 14.2. The Bertz CT molecular complexity index is 1030. The number of fused-ring (bicyclic) bond motifs is 1. The molecule has 8 heteroatoms. The Morgan fingerprint density at radius 1 is 1.34 bits per heavy atom. The molecular weight excluding hydrogens is 404 g/mol. The van der Waals surface area contributed by atoms with E-state index in [9.17, 15) is 4.79 Å². The number of aromatic nitrogens is 3. The fourth-order valence-corrected chi connectivity index (χ4v) is 5.14. The molecule has 0 unspecified atom stereocenters. The first kappa shape index (κ1) is 19.7. The molecule has 1 amide bonds. The van der Waals surface area contributed by atoms with E-state index < -0.39 is 0 Å². The van der Waals surface area contributed by atoms with Crippen LogP contribution in [-0.2, 0) is 24.3 Å². The molecule has 0 atom stereocenters. The number of amides is 1. The van der Waals surface area contributed by atoms with Crippen molar-refractivity contribution in [3.63, 3.8) is 0 Å². The number of nitrogens with zero attached hydrogens (tertiary/aromatic N) is 4. The molecule has 3 aromatic rings. The molecule has 0 saturated heterocycles. The van der Waals surface area contributed by atoms with Gasteiger partial charge >= 0.3 is 0 Å². The summed E-state index contributed by atoms with van der Waals surface area (Å²) >= 11 is 3.19. The molecule has 1 aliphatic heterocycles. The van der Waals surface area contributed by atoms with Crippen LogP contribution in [0.2, 0.25) is 0 Å². The maximum atomic E-state index is 12.8. The SMILES string of the molecule is C=CCn1c(SCC(=O)N2CCc3sccc3C2)nnc1-c1ccccc1OC. The summed E-state index contributed by atoms with van der Waals surface area (Å²) in [6.45, 7) is 5.88. The van der Waals surface area contributed by atoms with E-state index in [0.29, 0.717) is 29.8 Å². The van der Waals surface area contributed by atoms with E-state index in [-0.39, 0.29) is 5.91 Å². The van der Waals surface area contributed by atoms with E-state index in [1.165, 1.54) is 22.2 Å². The van der Waals surface area contributed by atoms with E-state index in [0.717, 1.165) is 24.3 Å². The van der Waals surface area contributed by atoms with Crippen molar-refractivity contribution in [2.45, 2.75) is 24.7 Å². The molecule has 1 aromatic carbocycles. The van der Waals surface area contributed by atoms with Gasteiger partial charge in [0.2, 0.25) is 5.91 Å². The summed E-state index contributed by atoms with van der Waals surface area (Å²) in [6, 6.07) is 9.83. The quantitative estimate of drug-likeness (QED) is 0.424. The standard InChI is InChI=1S/C21H22N4O2S2/c1-3-10-25-20(16-6-4-5-7-17(16)27-2)22-23-21(25)29-14-19(26)24-11-8-18-15(13-24)9-12-28-18/h3-7,9,12H,1,8,10-11,13-14H2,2H3. The van der Waals surface area contributed by atoms with E-state index >= 15 is 0 Å². The Morgan fingerprint density at radius 2 is 2.21 bits per heavy atom. The van der Waals surface area contributed by atoms with Gasteiger partial charge < -0.3 is 9.64 Å². The number of ether oxygens (including phenoxy) is 1. The van der Waals surface area contributed by atoms with Gasteiger partial charge in [-0.15, -0.1) is 28.1 Å². The van der Waals surface area contributed by atoms with E-state index in [1.807, 2.05) is 33.7 Å². The average Bonchev–Trinajstić information content (AvgIpc) is 3.38. The number of benzene rings is 1. The van der Waals surface area contributed by atoms with Crippen molar-refractivity contribution in [2.75, 3.05) is 19.4 Å². The molecule has 2 aromatic heterocycles. The molecule has 0 saturated carbocycles. The van der Waals surface area contributed by atoms with Gasteiger partial charge in [-0.3, -0.25) is 9.36 Å². The molecule has 0 fully saturated rings. The van der Waals surface area contributed by atoms with E-state index in [4.69, 9.17) is 4.74 Å². The van der Waals surface area contributed by atoms with Gasteiger partial charge in [-0.05, 0) is 35.6 Å². The van der Waals surface area contributed by atoms with Gasteiger partial charge in [-0.2, -0.15) is 0 Å². The Morgan fingerprint density at radius 3 is 3.03 bits per heavy atom. The topological polar surface area (TPSA) is 60.2 Å². The van der Waals surface area contributed by atoms with E-state index in [1.54, 1.807) is 24.5 Å². The third-order valence-corrected chi connectivity index (χ3v) is 6.84. The van der Waals surface area contributed by atoms with Crippen LogP contribution in [0.1, 0.15) is 10.4 Å². The fraction of sp³-hybridized carbons (Fsp3) is 0.286.